The van der Waals surface area contributed by atoms with Gasteiger partial charge in [-0.3, -0.25) is 9.36 Å². The molecule has 8 heteroatoms. The molecule has 0 saturated carbocycles. The molecule has 2 aromatic rings. The van der Waals surface area contributed by atoms with Gasteiger partial charge < -0.3 is 14.4 Å². The summed E-state index contributed by atoms with van der Waals surface area (Å²) in [5.74, 6) is 1.21. The Morgan fingerprint density at radius 1 is 1.28 bits per heavy atom. The summed E-state index contributed by atoms with van der Waals surface area (Å²) in [7, 11) is 1.63. The number of thioether (sulfide) groups is 1. The fourth-order valence-electron chi connectivity index (χ4n) is 2.84. The van der Waals surface area contributed by atoms with E-state index in [9.17, 15) is 4.79 Å². The molecular weight excluding hydrogens is 340 g/mol. The first-order valence-electron chi connectivity index (χ1n) is 8.17. The minimum atomic E-state index is 0.0700. The molecule has 0 N–H and O–H groups in total. The highest BCUT2D eigenvalue weighted by molar-refractivity contribution is 7.99. The molecule has 0 unspecified atom stereocenters. The van der Waals surface area contributed by atoms with Gasteiger partial charge in [-0.2, -0.15) is 0 Å². The van der Waals surface area contributed by atoms with Gasteiger partial charge in [0.1, 0.15) is 12.1 Å². The van der Waals surface area contributed by atoms with Gasteiger partial charge in [0.15, 0.2) is 5.16 Å². The van der Waals surface area contributed by atoms with Crippen molar-refractivity contribution in [1.82, 2.24) is 19.7 Å². The Balaban J connectivity index is 1.64. The van der Waals surface area contributed by atoms with Crippen LogP contribution >= 0.6 is 11.8 Å². The minimum Gasteiger partial charge on any atom is -0.497 e. The van der Waals surface area contributed by atoms with Crippen LogP contribution in [0, 0.1) is 0 Å². The van der Waals surface area contributed by atoms with Crippen molar-refractivity contribution >= 4 is 17.7 Å². The summed E-state index contributed by atoms with van der Waals surface area (Å²) in [5, 5.41) is 8.79. The Hall–Kier alpha value is -2.06. The van der Waals surface area contributed by atoms with Gasteiger partial charge in [-0.05, 0) is 38.1 Å². The van der Waals surface area contributed by atoms with E-state index in [1.54, 1.807) is 13.4 Å². The molecule has 1 fully saturated rings. The molecule has 25 heavy (non-hydrogen) atoms. The summed E-state index contributed by atoms with van der Waals surface area (Å²) in [6.07, 6.45) is 1.79. The molecule has 0 aliphatic carbocycles. The van der Waals surface area contributed by atoms with Crippen molar-refractivity contribution in [3.05, 3.63) is 30.6 Å². The van der Waals surface area contributed by atoms with Crippen LogP contribution < -0.4 is 4.74 Å². The largest absolute Gasteiger partial charge is 0.497 e. The Kier molecular flexibility index (Phi) is 5.60. The van der Waals surface area contributed by atoms with Gasteiger partial charge in [-0.15, -0.1) is 10.2 Å². The lowest BCUT2D eigenvalue weighted by Crippen LogP contribution is -2.48. The van der Waals surface area contributed by atoms with Crippen LogP contribution in [-0.4, -0.2) is 63.7 Å². The second kappa shape index (κ2) is 7.88. The molecule has 1 aromatic heterocycles. The molecular formula is C17H22N4O3S. The molecule has 0 radical (unpaired) electrons. The van der Waals surface area contributed by atoms with E-state index in [0.717, 1.165) is 11.4 Å². The molecule has 1 amide bonds. The summed E-state index contributed by atoms with van der Waals surface area (Å²) in [6, 6.07) is 7.62. The Bertz CT molecular complexity index is 709. The maximum Gasteiger partial charge on any atom is 0.233 e. The van der Waals surface area contributed by atoms with E-state index in [-0.39, 0.29) is 18.1 Å². The maximum absolute atomic E-state index is 12.5. The Morgan fingerprint density at radius 3 is 2.60 bits per heavy atom. The van der Waals surface area contributed by atoms with Gasteiger partial charge in [0.25, 0.3) is 0 Å². The monoisotopic (exact) mass is 362 g/mol. The lowest BCUT2D eigenvalue weighted by molar-refractivity contribution is -0.140. The van der Waals surface area contributed by atoms with Crippen LogP contribution in [0.5, 0.6) is 5.75 Å². The first-order valence-corrected chi connectivity index (χ1v) is 9.16. The van der Waals surface area contributed by atoms with Gasteiger partial charge in [-0.1, -0.05) is 11.8 Å². The first-order chi connectivity index (χ1) is 12.1. The highest BCUT2D eigenvalue weighted by Gasteiger charge is 2.26. The predicted molar refractivity (Wildman–Crippen MR) is 95.2 cm³/mol. The van der Waals surface area contributed by atoms with E-state index < -0.39 is 0 Å². The third-order valence-electron chi connectivity index (χ3n) is 3.96. The van der Waals surface area contributed by atoms with E-state index >= 15 is 0 Å². The van der Waals surface area contributed by atoms with Crippen LogP contribution in [0.15, 0.2) is 35.7 Å². The number of ether oxygens (including phenoxy) is 2. The molecule has 1 saturated heterocycles. The molecule has 7 nitrogen and oxygen atoms in total. The summed E-state index contributed by atoms with van der Waals surface area (Å²) < 4.78 is 12.7. The second-order valence-electron chi connectivity index (χ2n) is 6.03. The highest BCUT2D eigenvalue weighted by Crippen LogP contribution is 2.22. The molecule has 2 atom stereocenters. The van der Waals surface area contributed by atoms with E-state index in [4.69, 9.17) is 9.47 Å². The first kappa shape index (κ1) is 17.8. The number of nitrogens with zero attached hydrogens (tertiary/aromatic N) is 4. The Morgan fingerprint density at radius 2 is 1.96 bits per heavy atom. The summed E-state index contributed by atoms with van der Waals surface area (Å²) in [4.78, 5) is 14.4. The summed E-state index contributed by atoms with van der Waals surface area (Å²) in [6.45, 7) is 5.25. The van der Waals surface area contributed by atoms with Crippen LogP contribution in [0.4, 0.5) is 0 Å². The van der Waals surface area contributed by atoms with Gasteiger partial charge >= 0.3 is 0 Å². The number of carbonyl (C=O) groups excluding carboxylic acids is 1. The van der Waals surface area contributed by atoms with Gasteiger partial charge in [0.2, 0.25) is 5.91 Å². The fourth-order valence-corrected chi connectivity index (χ4v) is 3.67. The molecule has 3 rings (SSSR count). The number of morpholine rings is 1. The summed E-state index contributed by atoms with van der Waals surface area (Å²) in [5.41, 5.74) is 0.925. The van der Waals surface area contributed by atoms with Crippen molar-refractivity contribution in [2.24, 2.45) is 0 Å². The molecule has 2 heterocycles. The van der Waals surface area contributed by atoms with Crippen molar-refractivity contribution in [3.63, 3.8) is 0 Å². The SMILES string of the molecule is COc1ccc(-n2cnnc2SCC(=O)N2C[C@@H](C)O[C@@H](C)C2)cc1. The zero-order valence-electron chi connectivity index (χ0n) is 14.6. The number of amides is 1. The van der Waals surface area contributed by atoms with Crippen molar-refractivity contribution in [2.75, 3.05) is 26.0 Å². The topological polar surface area (TPSA) is 69.5 Å². The second-order valence-corrected chi connectivity index (χ2v) is 6.97. The van der Waals surface area contributed by atoms with Crippen molar-refractivity contribution in [1.29, 1.82) is 0 Å². The van der Waals surface area contributed by atoms with Crippen LogP contribution in [-0.2, 0) is 9.53 Å². The number of benzene rings is 1. The third-order valence-corrected chi connectivity index (χ3v) is 4.89. The molecule has 134 valence electrons. The lowest BCUT2D eigenvalue weighted by Gasteiger charge is -2.35. The smallest absolute Gasteiger partial charge is 0.233 e. The number of rotatable bonds is 5. The fraction of sp³-hybridized carbons (Fsp3) is 0.471. The maximum atomic E-state index is 12.5. The normalized spacial score (nSPS) is 20.5. The van der Waals surface area contributed by atoms with Crippen LogP contribution in [0.3, 0.4) is 0 Å². The molecule has 1 aliphatic rings. The number of hydrogen-bond acceptors (Lipinski definition) is 6. The van der Waals surface area contributed by atoms with Crippen molar-refractivity contribution < 1.29 is 14.3 Å². The molecule has 0 bridgehead atoms. The van der Waals surface area contributed by atoms with Gasteiger partial charge in [-0.25, -0.2) is 0 Å². The summed E-state index contributed by atoms with van der Waals surface area (Å²) >= 11 is 1.39. The average Bonchev–Trinajstić information content (AvgIpc) is 3.07. The van der Waals surface area contributed by atoms with Gasteiger partial charge in [0.05, 0.1) is 25.1 Å². The Labute approximate surface area is 151 Å². The highest BCUT2D eigenvalue weighted by atomic mass is 32.2. The van der Waals surface area contributed by atoms with Crippen LogP contribution in [0.2, 0.25) is 0 Å². The zero-order chi connectivity index (χ0) is 17.8. The number of methoxy groups -OCH3 is 1. The van der Waals surface area contributed by atoms with E-state index in [1.807, 2.05) is 47.6 Å². The minimum absolute atomic E-state index is 0.0700. The molecule has 1 aliphatic heterocycles. The molecule has 1 aromatic carbocycles. The number of aromatic nitrogens is 3. The quantitative estimate of drug-likeness (QED) is 0.758. The van der Waals surface area contributed by atoms with E-state index in [2.05, 4.69) is 10.2 Å². The van der Waals surface area contributed by atoms with Crippen molar-refractivity contribution in [3.8, 4) is 11.4 Å². The van der Waals surface area contributed by atoms with Crippen molar-refractivity contribution in [2.45, 2.75) is 31.2 Å². The average molecular weight is 362 g/mol. The predicted octanol–water partition coefficient (Wildman–Crippen LogP) is 2.00. The van der Waals surface area contributed by atoms with E-state index in [0.29, 0.717) is 24.0 Å². The standard InChI is InChI=1S/C17H22N4O3S/c1-12-8-20(9-13(2)24-12)16(22)10-25-17-19-18-11-21(17)14-4-6-15(23-3)7-5-14/h4-7,11-13H,8-10H2,1-3H3/t12-,13+. The third kappa shape index (κ3) is 4.32. The van der Waals surface area contributed by atoms with Gasteiger partial charge in [0, 0.05) is 18.8 Å². The number of hydrogen-bond donors (Lipinski definition) is 0. The number of carbonyl (C=O) groups is 1. The lowest BCUT2D eigenvalue weighted by atomic mass is 10.2. The van der Waals surface area contributed by atoms with Crippen LogP contribution in [0.25, 0.3) is 5.69 Å². The zero-order valence-corrected chi connectivity index (χ0v) is 15.4. The molecule has 0 spiro atoms. The van der Waals surface area contributed by atoms with E-state index in [1.165, 1.54) is 11.8 Å². The van der Waals surface area contributed by atoms with Crippen LogP contribution in [0.1, 0.15) is 13.8 Å².